The second-order valence-electron chi connectivity index (χ2n) is 6.26. The number of amides is 1. The third-order valence-electron chi connectivity index (χ3n) is 4.34. The lowest BCUT2D eigenvalue weighted by Crippen LogP contribution is -2.34. The lowest BCUT2D eigenvalue weighted by atomic mass is 10.2. The highest BCUT2D eigenvalue weighted by Gasteiger charge is 2.14. The van der Waals surface area contributed by atoms with E-state index in [2.05, 4.69) is 25.9 Å². The predicted octanol–water partition coefficient (Wildman–Crippen LogP) is 3.55. The molecule has 0 spiro atoms. The SMILES string of the molecule is CCc1nnc2sc(-c3ccc(NC(=S)NC(=O)c4ccccc4OC)cc3)nn12. The standard InChI is InChI=1S/C20H18N6O2S2/c1-3-16-23-24-20-26(16)25-18(30-20)12-8-10-13(11-9-12)21-19(29)22-17(27)14-6-4-5-7-15(14)28-2/h4-11H,3H2,1-2H3,(H2,21,22,27,29). The van der Waals surface area contributed by atoms with E-state index in [9.17, 15) is 4.79 Å². The Bertz CT molecular complexity index is 1220. The molecule has 0 aliphatic rings. The highest BCUT2D eigenvalue weighted by molar-refractivity contribution is 7.80. The van der Waals surface area contributed by atoms with Gasteiger partial charge in [0.25, 0.3) is 5.91 Å². The molecule has 2 aromatic carbocycles. The summed E-state index contributed by atoms with van der Waals surface area (Å²) in [7, 11) is 1.52. The molecule has 0 fully saturated rings. The van der Waals surface area contributed by atoms with Crippen molar-refractivity contribution in [2.45, 2.75) is 13.3 Å². The Kier molecular flexibility index (Phi) is 5.68. The molecule has 0 aliphatic heterocycles. The number of aryl methyl sites for hydroxylation is 1. The number of methoxy groups -OCH3 is 1. The molecule has 1 amide bonds. The third kappa shape index (κ3) is 4.00. The molecule has 0 bridgehead atoms. The molecule has 0 aliphatic carbocycles. The van der Waals surface area contributed by atoms with Gasteiger partial charge in [-0.1, -0.05) is 30.4 Å². The van der Waals surface area contributed by atoms with Gasteiger partial charge in [-0.15, -0.1) is 10.2 Å². The molecule has 4 aromatic rings. The van der Waals surface area contributed by atoms with Crippen molar-refractivity contribution < 1.29 is 9.53 Å². The molecule has 30 heavy (non-hydrogen) atoms. The maximum absolute atomic E-state index is 12.4. The summed E-state index contributed by atoms with van der Waals surface area (Å²) in [6, 6.07) is 14.6. The van der Waals surface area contributed by atoms with E-state index in [1.165, 1.54) is 18.4 Å². The molecule has 152 valence electrons. The number of nitrogens with one attached hydrogen (secondary N) is 2. The molecule has 0 atom stereocenters. The van der Waals surface area contributed by atoms with E-state index in [1.54, 1.807) is 28.8 Å². The zero-order valence-electron chi connectivity index (χ0n) is 16.2. The number of nitrogens with zero attached hydrogens (tertiary/aromatic N) is 4. The van der Waals surface area contributed by atoms with E-state index in [0.717, 1.165) is 33.5 Å². The fourth-order valence-electron chi connectivity index (χ4n) is 2.86. The highest BCUT2D eigenvalue weighted by atomic mass is 32.1. The summed E-state index contributed by atoms with van der Waals surface area (Å²) in [6.45, 7) is 2.02. The molecule has 0 saturated carbocycles. The number of hydrogen-bond donors (Lipinski definition) is 2. The van der Waals surface area contributed by atoms with E-state index >= 15 is 0 Å². The van der Waals surface area contributed by atoms with Crippen LogP contribution in [0.25, 0.3) is 15.5 Å². The molecule has 2 aromatic heterocycles. The molecule has 0 unspecified atom stereocenters. The number of para-hydroxylation sites is 1. The van der Waals surface area contributed by atoms with Gasteiger partial charge in [0, 0.05) is 17.7 Å². The number of fused-ring (bicyclic) bond motifs is 1. The number of thiocarbonyl (C=S) groups is 1. The van der Waals surface area contributed by atoms with Crippen molar-refractivity contribution in [3.05, 3.63) is 59.9 Å². The number of ether oxygens (including phenoxy) is 1. The van der Waals surface area contributed by atoms with Crippen LogP contribution in [0.5, 0.6) is 5.75 Å². The number of rotatable bonds is 5. The summed E-state index contributed by atoms with van der Waals surface area (Å²) in [4.78, 5) is 13.2. The summed E-state index contributed by atoms with van der Waals surface area (Å²) in [5.41, 5.74) is 2.12. The van der Waals surface area contributed by atoms with Crippen LogP contribution in [0.15, 0.2) is 48.5 Å². The van der Waals surface area contributed by atoms with E-state index < -0.39 is 0 Å². The molecule has 10 heteroatoms. The Morgan fingerprint density at radius 1 is 1.17 bits per heavy atom. The van der Waals surface area contributed by atoms with Crippen molar-refractivity contribution in [2.24, 2.45) is 0 Å². The van der Waals surface area contributed by atoms with Gasteiger partial charge in [0.2, 0.25) is 4.96 Å². The van der Waals surface area contributed by atoms with Crippen molar-refractivity contribution >= 4 is 45.2 Å². The average molecular weight is 439 g/mol. The van der Waals surface area contributed by atoms with E-state index in [4.69, 9.17) is 17.0 Å². The van der Waals surface area contributed by atoms with Crippen molar-refractivity contribution in [3.8, 4) is 16.3 Å². The van der Waals surface area contributed by atoms with Gasteiger partial charge in [0.1, 0.15) is 10.8 Å². The van der Waals surface area contributed by atoms with Gasteiger partial charge in [-0.25, -0.2) is 0 Å². The first-order valence-electron chi connectivity index (χ1n) is 9.16. The molecular formula is C20H18N6O2S2. The van der Waals surface area contributed by atoms with Crippen LogP contribution in [-0.4, -0.2) is 37.9 Å². The fourth-order valence-corrected chi connectivity index (χ4v) is 3.93. The number of aromatic nitrogens is 4. The van der Waals surface area contributed by atoms with Gasteiger partial charge in [-0.05, 0) is 48.6 Å². The van der Waals surface area contributed by atoms with Gasteiger partial charge in [-0.2, -0.15) is 9.61 Å². The maximum Gasteiger partial charge on any atom is 0.261 e. The highest BCUT2D eigenvalue weighted by Crippen LogP contribution is 2.26. The minimum Gasteiger partial charge on any atom is -0.496 e. The van der Waals surface area contributed by atoms with Crippen LogP contribution in [0.3, 0.4) is 0 Å². The van der Waals surface area contributed by atoms with E-state index in [1.807, 2.05) is 31.2 Å². The smallest absolute Gasteiger partial charge is 0.261 e. The minimum absolute atomic E-state index is 0.199. The van der Waals surface area contributed by atoms with Crippen LogP contribution in [0, 0.1) is 0 Å². The number of carbonyl (C=O) groups excluding carboxylic acids is 1. The van der Waals surface area contributed by atoms with E-state index in [-0.39, 0.29) is 11.0 Å². The Morgan fingerprint density at radius 3 is 2.67 bits per heavy atom. The Hall–Kier alpha value is -3.37. The Morgan fingerprint density at radius 2 is 1.93 bits per heavy atom. The molecule has 4 rings (SSSR count). The fraction of sp³-hybridized carbons (Fsp3) is 0.150. The zero-order valence-corrected chi connectivity index (χ0v) is 17.9. The van der Waals surface area contributed by atoms with Crippen molar-refractivity contribution in [3.63, 3.8) is 0 Å². The maximum atomic E-state index is 12.4. The van der Waals surface area contributed by atoms with Crippen LogP contribution in [0.4, 0.5) is 5.69 Å². The molecular weight excluding hydrogens is 420 g/mol. The summed E-state index contributed by atoms with van der Waals surface area (Å²) in [5, 5.41) is 19.6. The third-order valence-corrected chi connectivity index (χ3v) is 5.49. The van der Waals surface area contributed by atoms with Crippen molar-refractivity contribution in [1.82, 2.24) is 25.1 Å². The lowest BCUT2D eigenvalue weighted by Gasteiger charge is -2.11. The predicted molar refractivity (Wildman–Crippen MR) is 120 cm³/mol. The minimum atomic E-state index is -0.340. The van der Waals surface area contributed by atoms with E-state index in [0.29, 0.717) is 11.3 Å². The number of hydrogen-bond acceptors (Lipinski definition) is 7. The zero-order chi connectivity index (χ0) is 21.1. The first-order valence-corrected chi connectivity index (χ1v) is 10.4. The monoisotopic (exact) mass is 438 g/mol. The Labute approximate surface area is 181 Å². The van der Waals surface area contributed by atoms with Crippen LogP contribution >= 0.6 is 23.6 Å². The van der Waals surface area contributed by atoms with Gasteiger partial charge in [0.05, 0.1) is 12.7 Å². The molecule has 2 N–H and O–H groups in total. The van der Waals surface area contributed by atoms with Gasteiger partial charge in [0.15, 0.2) is 10.9 Å². The largest absolute Gasteiger partial charge is 0.496 e. The summed E-state index contributed by atoms with van der Waals surface area (Å²) in [6.07, 6.45) is 0.769. The molecule has 8 nitrogen and oxygen atoms in total. The quantitative estimate of drug-likeness (QED) is 0.460. The second-order valence-corrected chi connectivity index (χ2v) is 7.62. The average Bonchev–Trinajstić information content (AvgIpc) is 3.35. The van der Waals surface area contributed by atoms with Crippen LogP contribution in [0.1, 0.15) is 23.1 Å². The second kappa shape index (κ2) is 8.56. The van der Waals surface area contributed by atoms with Gasteiger partial charge in [-0.3, -0.25) is 10.1 Å². The Balaban J connectivity index is 1.43. The normalized spacial score (nSPS) is 10.7. The van der Waals surface area contributed by atoms with Gasteiger partial charge >= 0.3 is 0 Å². The number of anilines is 1. The molecule has 0 saturated heterocycles. The molecule has 2 heterocycles. The lowest BCUT2D eigenvalue weighted by molar-refractivity contribution is 0.0975. The summed E-state index contributed by atoms with van der Waals surface area (Å²) >= 11 is 6.74. The van der Waals surface area contributed by atoms with Crippen molar-refractivity contribution in [1.29, 1.82) is 0 Å². The summed E-state index contributed by atoms with van der Waals surface area (Å²) < 4.78 is 6.98. The van der Waals surface area contributed by atoms with Gasteiger partial charge < -0.3 is 10.1 Å². The van der Waals surface area contributed by atoms with Crippen LogP contribution in [0.2, 0.25) is 0 Å². The first-order chi connectivity index (χ1) is 14.6. The first kappa shape index (κ1) is 19.9. The van der Waals surface area contributed by atoms with Crippen LogP contribution < -0.4 is 15.4 Å². The van der Waals surface area contributed by atoms with Crippen molar-refractivity contribution in [2.75, 3.05) is 12.4 Å². The molecule has 0 radical (unpaired) electrons. The number of benzene rings is 2. The number of carbonyl (C=O) groups is 1. The van der Waals surface area contributed by atoms with Crippen LogP contribution in [-0.2, 0) is 6.42 Å². The summed E-state index contributed by atoms with van der Waals surface area (Å²) in [5.74, 6) is 0.980. The topological polar surface area (TPSA) is 93.4 Å².